The van der Waals surface area contributed by atoms with E-state index in [0.717, 1.165) is 23.3 Å². The van der Waals surface area contributed by atoms with E-state index in [4.69, 9.17) is 4.98 Å². The normalized spacial score (nSPS) is 14.7. The highest BCUT2D eigenvalue weighted by Gasteiger charge is 2.31. The molecule has 0 unspecified atom stereocenters. The zero-order valence-corrected chi connectivity index (χ0v) is 24.8. The van der Waals surface area contributed by atoms with Crippen molar-refractivity contribution in [1.82, 2.24) is 19.9 Å². The van der Waals surface area contributed by atoms with E-state index in [-0.39, 0.29) is 11.8 Å². The summed E-state index contributed by atoms with van der Waals surface area (Å²) in [4.78, 5) is 29.7. The zero-order valence-electron chi connectivity index (χ0n) is 24.8. The van der Waals surface area contributed by atoms with Crippen molar-refractivity contribution in [1.29, 1.82) is 0 Å². The molecule has 10 heteroatoms. The molecule has 0 spiro atoms. The Morgan fingerprint density at radius 3 is 2.31 bits per heavy atom. The average molecular weight is 611 g/mol. The maximum atomic E-state index is 13.7. The van der Waals surface area contributed by atoms with Crippen molar-refractivity contribution < 1.29 is 18.0 Å². The summed E-state index contributed by atoms with van der Waals surface area (Å²) in [5.41, 5.74) is 3.17. The fourth-order valence-electron chi connectivity index (χ4n) is 5.52. The Morgan fingerprint density at radius 1 is 0.889 bits per heavy atom. The van der Waals surface area contributed by atoms with Crippen LogP contribution in [0.3, 0.4) is 0 Å². The number of hydrogen-bond acceptors (Lipinski definition) is 6. The van der Waals surface area contributed by atoms with Crippen LogP contribution >= 0.6 is 0 Å². The Morgan fingerprint density at radius 2 is 1.60 bits per heavy atom. The second-order valence-electron chi connectivity index (χ2n) is 11.1. The van der Waals surface area contributed by atoms with Gasteiger partial charge in [0.1, 0.15) is 5.82 Å². The van der Waals surface area contributed by atoms with Crippen LogP contribution in [-0.2, 0) is 6.18 Å². The lowest BCUT2D eigenvalue weighted by molar-refractivity contribution is -0.137. The van der Waals surface area contributed by atoms with Crippen molar-refractivity contribution in [3.63, 3.8) is 0 Å². The smallest absolute Gasteiger partial charge is 0.364 e. The number of imidazole rings is 1. The van der Waals surface area contributed by atoms with Gasteiger partial charge in [-0.05, 0) is 36.8 Å². The number of aromatic nitrogens is 3. The van der Waals surface area contributed by atoms with Gasteiger partial charge in [-0.1, -0.05) is 72.8 Å². The Labute approximate surface area is 259 Å². The topological polar surface area (TPSA) is 77.2 Å². The van der Waals surface area contributed by atoms with E-state index in [0.29, 0.717) is 67.0 Å². The number of ketones is 1. The molecule has 45 heavy (non-hydrogen) atoms. The van der Waals surface area contributed by atoms with Crippen LogP contribution in [0.2, 0.25) is 0 Å². The van der Waals surface area contributed by atoms with E-state index in [1.54, 1.807) is 12.3 Å². The summed E-state index contributed by atoms with van der Waals surface area (Å²) in [6.07, 6.45) is -2.81. The molecule has 7 nitrogen and oxygen atoms in total. The molecule has 2 N–H and O–H groups in total. The molecule has 1 aliphatic heterocycles. The van der Waals surface area contributed by atoms with Gasteiger partial charge in [-0.3, -0.25) is 9.69 Å². The molecule has 0 bridgehead atoms. The van der Waals surface area contributed by atoms with Crippen LogP contribution in [0.5, 0.6) is 0 Å². The summed E-state index contributed by atoms with van der Waals surface area (Å²) >= 11 is 0. The van der Waals surface area contributed by atoms with Crippen LogP contribution in [0.4, 0.5) is 24.9 Å². The second kappa shape index (κ2) is 13.0. The molecule has 230 valence electrons. The largest absolute Gasteiger partial charge is 0.416 e. The molecule has 1 saturated heterocycles. The Bertz CT molecular complexity index is 1750. The highest BCUT2D eigenvalue weighted by atomic mass is 19.4. The first-order valence-corrected chi connectivity index (χ1v) is 14.9. The third-order valence-corrected chi connectivity index (χ3v) is 8.00. The SMILES string of the molecule is C[C@H](Nc1cc(-c2[nH]c(N3CCN(CC(=O)c4ccccc4)CC3)nc2-c2cccc(C(F)(F)F)c2)ccn1)c1ccccc1. The predicted octanol–water partition coefficient (Wildman–Crippen LogP) is 7.34. The minimum absolute atomic E-state index is 0.0146. The number of carbonyl (C=O) groups is 1. The number of piperazine rings is 1. The first-order chi connectivity index (χ1) is 21.7. The van der Waals surface area contributed by atoms with Crippen LogP contribution < -0.4 is 10.2 Å². The minimum atomic E-state index is -4.48. The Balaban J connectivity index is 1.27. The molecule has 0 saturated carbocycles. The van der Waals surface area contributed by atoms with Gasteiger partial charge in [0, 0.05) is 55.1 Å². The standard InChI is InChI=1S/C35H33F3N6O/c1-24(25-9-4-2-5-10-25)40-31-22-28(15-16-39-31)33-32(27-13-8-14-29(21-27)35(36,37)38)41-34(42-33)44-19-17-43(18-20-44)23-30(45)26-11-6-3-7-12-26/h2-16,21-22,24H,17-20,23H2,1H3,(H,39,40)(H,41,42)/t24-/m0/s1. The van der Waals surface area contributed by atoms with E-state index in [9.17, 15) is 18.0 Å². The maximum Gasteiger partial charge on any atom is 0.416 e. The summed E-state index contributed by atoms with van der Waals surface area (Å²) in [5.74, 6) is 1.27. The molecule has 1 fully saturated rings. The lowest BCUT2D eigenvalue weighted by Gasteiger charge is -2.34. The third-order valence-electron chi connectivity index (χ3n) is 8.00. The van der Waals surface area contributed by atoms with Crippen molar-refractivity contribution in [3.05, 3.63) is 120 Å². The van der Waals surface area contributed by atoms with Gasteiger partial charge in [0.2, 0.25) is 5.95 Å². The minimum Gasteiger partial charge on any atom is -0.364 e. The maximum absolute atomic E-state index is 13.7. The fraction of sp³-hybridized carbons (Fsp3) is 0.229. The number of benzene rings is 3. The third kappa shape index (κ3) is 7.07. The van der Waals surface area contributed by atoms with Crippen molar-refractivity contribution in [2.75, 3.05) is 42.9 Å². The van der Waals surface area contributed by atoms with Crippen molar-refractivity contribution in [2.45, 2.75) is 19.1 Å². The number of anilines is 2. The van der Waals surface area contributed by atoms with Gasteiger partial charge in [0.05, 0.1) is 23.5 Å². The van der Waals surface area contributed by atoms with Crippen LogP contribution in [0.25, 0.3) is 22.5 Å². The summed E-state index contributed by atoms with van der Waals surface area (Å²) in [6.45, 7) is 4.87. The van der Waals surface area contributed by atoms with E-state index >= 15 is 0 Å². The Kier molecular flexibility index (Phi) is 8.66. The second-order valence-corrected chi connectivity index (χ2v) is 11.1. The number of halogens is 3. The number of rotatable bonds is 9. The number of pyridine rings is 1. The zero-order chi connectivity index (χ0) is 31.4. The van der Waals surface area contributed by atoms with Gasteiger partial charge in [-0.15, -0.1) is 0 Å². The molecule has 6 rings (SSSR count). The highest BCUT2D eigenvalue weighted by molar-refractivity contribution is 5.97. The molecule has 5 aromatic rings. The molecule has 1 atom stereocenters. The lowest BCUT2D eigenvalue weighted by atomic mass is 10.0. The Hall–Kier alpha value is -4.96. The van der Waals surface area contributed by atoms with Crippen LogP contribution in [0.1, 0.15) is 34.5 Å². The molecule has 0 radical (unpaired) electrons. The van der Waals surface area contributed by atoms with Crippen LogP contribution in [0, 0.1) is 0 Å². The van der Waals surface area contributed by atoms with E-state index in [2.05, 4.69) is 25.1 Å². The van der Waals surface area contributed by atoms with E-state index in [1.807, 2.05) is 79.7 Å². The summed E-state index contributed by atoms with van der Waals surface area (Å²) < 4.78 is 41.0. The van der Waals surface area contributed by atoms with E-state index in [1.165, 1.54) is 6.07 Å². The first kappa shape index (κ1) is 30.1. The van der Waals surface area contributed by atoms with Gasteiger partial charge in [0.25, 0.3) is 0 Å². The average Bonchev–Trinajstić information content (AvgIpc) is 3.51. The first-order valence-electron chi connectivity index (χ1n) is 14.9. The number of H-pyrrole nitrogens is 1. The summed E-state index contributed by atoms with van der Waals surface area (Å²) in [5, 5.41) is 3.42. The summed E-state index contributed by atoms with van der Waals surface area (Å²) in [7, 11) is 0. The number of alkyl halides is 3. The van der Waals surface area contributed by atoms with Gasteiger partial charge in [-0.2, -0.15) is 13.2 Å². The quantitative estimate of drug-likeness (QED) is 0.170. The molecular formula is C35H33F3N6O. The molecule has 3 aromatic carbocycles. The molecule has 0 aliphatic carbocycles. The monoisotopic (exact) mass is 610 g/mol. The van der Waals surface area contributed by atoms with Gasteiger partial charge >= 0.3 is 6.18 Å². The van der Waals surface area contributed by atoms with Crippen molar-refractivity contribution >= 4 is 17.5 Å². The highest BCUT2D eigenvalue weighted by Crippen LogP contribution is 2.37. The fourth-order valence-corrected chi connectivity index (χ4v) is 5.52. The number of nitrogens with zero attached hydrogens (tertiary/aromatic N) is 4. The van der Waals surface area contributed by atoms with Crippen LogP contribution in [0.15, 0.2) is 103 Å². The molecule has 3 heterocycles. The molecular weight excluding hydrogens is 577 g/mol. The van der Waals surface area contributed by atoms with Gasteiger partial charge < -0.3 is 15.2 Å². The molecule has 2 aromatic heterocycles. The lowest BCUT2D eigenvalue weighted by Crippen LogP contribution is -2.48. The number of hydrogen-bond donors (Lipinski definition) is 2. The number of aromatic amines is 1. The van der Waals surface area contributed by atoms with Gasteiger partial charge in [-0.25, -0.2) is 9.97 Å². The molecule has 0 amide bonds. The van der Waals surface area contributed by atoms with Crippen molar-refractivity contribution in [3.8, 4) is 22.5 Å². The number of carbonyl (C=O) groups excluding carboxylic acids is 1. The molecule has 1 aliphatic rings. The van der Waals surface area contributed by atoms with E-state index < -0.39 is 11.7 Å². The number of Topliss-reactive ketones (excluding diaryl/α,β-unsaturated/α-hetero) is 1. The van der Waals surface area contributed by atoms with Crippen molar-refractivity contribution in [2.24, 2.45) is 0 Å². The predicted molar refractivity (Wildman–Crippen MR) is 170 cm³/mol. The van der Waals surface area contributed by atoms with Gasteiger partial charge in [0.15, 0.2) is 5.78 Å². The number of nitrogens with one attached hydrogen (secondary N) is 2. The summed E-state index contributed by atoms with van der Waals surface area (Å²) in [6, 6.07) is 28.1. The van der Waals surface area contributed by atoms with Crippen LogP contribution in [-0.4, -0.2) is 58.4 Å².